The first-order valence-corrected chi connectivity index (χ1v) is 9.23. The normalized spacial score (nSPS) is 13.4. The number of amides is 1. The monoisotopic (exact) mass is 366 g/mol. The van der Waals surface area contributed by atoms with Crippen LogP contribution in [-0.2, 0) is 4.79 Å². The lowest BCUT2D eigenvalue weighted by Crippen LogP contribution is -2.14. The fourth-order valence-electron chi connectivity index (χ4n) is 1.95. The Morgan fingerprint density at radius 2 is 2.17 bits per heavy atom. The summed E-state index contributed by atoms with van der Waals surface area (Å²) in [6.45, 7) is 0. The number of carbonyl (C=O) groups is 1. The van der Waals surface area contributed by atoms with E-state index in [0.717, 1.165) is 9.47 Å². The molecule has 0 aliphatic heterocycles. The SMILES string of the molecule is COc1ccc(OC)c(NC(=O)CSc2nnc(NC3CC3)s2)c1. The van der Waals surface area contributed by atoms with Gasteiger partial charge in [0, 0.05) is 12.1 Å². The van der Waals surface area contributed by atoms with Gasteiger partial charge in [0.15, 0.2) is 4.34 Å². The summed E-state index contributed by atoms with van der Waals surface area (Å²) in [5.41, 5.74) is 0.579. The second kappa shape index (κ2) is 7.71. The van der Waals surface area contributed by atoms with Crippen LogP contribution in [0.5, 0.6) is 11.5 Å². The molecule has 0 unspecified atom stereocenters. The van der Waals surface area contributed by atoms with Crippen LogP contribution in [0.1, 0.15) is 12.8 Å². The highest BCUT2D eigenvalue weighted by molar-refractivity contribution is 8.01. The van der Waals surface area contributed by atoms with Crippen LogP contribution in [0.25, 0.3) is 0 Å². The molecule has 1 saturated carbocycles. The molecule has 1 heterocycles. The number of hydrogen-bond donors (Lipinski definition) is 2. The number of thioether (sulfide) groups is 1. The largest absolute Gasteiger partial charge is 0.497 e. The molecule has 1 aliphatic rings. The summed E-state index contributed by atoms with van der Waals surface area (Å²) in [4.78, 5) is 12.2. The smallest absolute Gasteiger partial charge is 0.234 e. The number of hydrogen-bond acceptors (Lipinski definition) is 8. The van der Waals surface area contributed by atoms with Crippen molar-refractivity contribution in [2.75, 3.05) is 30.6 Å². The average Bonchev–Trinajstić information content (AvgIpc) is 3.29. The number of ether oxygens (including phenoxy) is 2. The second-order valence-electron chi connectivity index (χ2n) is 5.19. The van der Waals surface area contributed by atoms with E-state index in [4.69, 9.17) is 9.47 Å². The second-order valence-corrected chi connectivity index (χ2v) is 7.39. The molecule has 7 nitrogen and oxygen atoms in total. The van der Waals surface area contributed by atoms with E-state index in [1.807, 2.05) is 0 Å². The van der Waals surface area contributed by atoms with Crippen molar-refractivity contribution in [1.29, 1.82) is 0 Å². The molecule has 0 radical (unpaired) electrons. The summed E-state index contributed by atoms with van der Waals surface area (Å²) in [6, 6.07) is 5.80. The van der Waals surface area contributed by atoms with E-state index in [1.165, 1.54) is 35.9 Å². The van der Waals surface area contributed by atoms with Gasteiger partial charge in [0.1, 0.15) is 11.5 Å². The van der Waals surface area contributed by atoms with E-state index < -0.39 is 0 Å². The Hall–Kier alpha value is -2.00. The van der Waals surface area contributed by atoms with Crippen molar-refractivity contribution < 1.29 is 14.3 Å². The molecule has 128 valence electrons. The quantitative estimate of drug-likeness (QED) is 0.695. The third-order valence-corrected chi connectivity index (χ3v) is 5.31. The number of nitrogens with zero attached hydrogens (tertiary/aromatic N) is 2. The van der Waals surface area contributed by atoms with Gasteiger partial charge in [-0.25, -0.2) is 0 Å². The molecule has 1 aliphatic carbocycles. The molecule has 0 atom stereocenters. The lowest BCUT2D eigenvalue weighted by molar-refractivity contribution is -0.113. The summed E-state index contributed by atoms with van der Waals surface area (Å²) < 4.78 is 11.2. The van der Waals surface area contributed by atoms with E-state index in [2.05, 4.69) is 20.8 Å². The molecule has 1 amide bonds. The molecule has 1 fully saturated rings. The summed E-state index contributed by atoms with van der Waals surface area (Å²) in [7, 11) is 3.13. The summed E-state index contributed by atoms with van der Waals surface area (Å²) in [5, 5.41) is 15.1. The number of carbonyl (C=O) groups excluding carboxylic acids is 1. The number of rotatable bonds is 8. The van der Waals surface area contributed by atoms with E-state index >= 15 is 0 Å². The maximum atomic E-state index is 12.2. The minimum absolute atomic E-state index is 0.140. The van der Waals surface area contributed by atoms with Crippen molar-refractivity contribution in [1.82, 2.24) is 10.2 Å². The first kappa shape index (κ1) is 16.8. The number of anilines is 2. The molecular formula is C15H18N4O3S2. The first-order chi connectivity index (χ1) is 11.7. The maximum Gasteiger partial charge on any atom is 0.234 e. The molecule has 0 spiro atoms. The highest BCUT2D eigenvalue weighted by Gasteiger charge is 2.22. The molecule has 1 aromatic carbocycles. The third kappa shape index (κ3) is 4.51. The molecule has 0 saturated heterocycles. The lowest BCUT2D eigenvalue weighted by Gasteiger charge is -2.11. The fourth-order valence-corrected chi connectivity index (χ4v) is 3.58. The Morgan fingerprint density at radius 3 is 2.88 bits per heavy atom. The molecule has 24 heavy (non-hydrogen) atoms. The van der Waals surface area contributed by atoms with Crippen molar-refractivity contribution in [3.8, 4) is 11.5 Å². The van der Waals surface area contributed by atoms with Crippen molar-refractivity contribution in [3.63, 3.8) is 0 Å². The maximum absolute atomic E-state index is 12.2. The predicted octanol–water partition coefficient (Wildman–Crippen LogP) is 2.86. The van der Waals surface area contributed by atoms with E-state index in [9.17, 15) is 4.79 Å². The van der Waals surface area contributed by atoms with Crippen LogP contribution in [0, 0.1) is 0 Å². The van der Waals surface area contributed by atoms with Crippen molar-refractivity contribution in [3.05, 3.63) is 18.2 Å². The van der Waals surface area contributed by atoms with Gasteiger partial charge in [-0.15, -0.1) is 10.2 Å². The Balaban J connectivity index is 1.54. The molecule has 9 heteroatoms. The first-order valence-electron chi connectivity index (χ1n) is 7.42. The summed E-state index contributed by atoms with van der Waals surface area (Å²) >= 11 is 2.83. The zero-order chi connectivity index (χ0) is 16.9. The lowest BCUT2D eigenvalue weighted by atomic mass is 10.2. The van der Waals surface area contributed by atoms with Gasteiger partial charge in [0.2, 0.25) is 11.0 Å². The zero-order valence-electron chi connectivity index (χ0n) is 13.4. The van der Waals surface area contributed by atoms with Gasteiger partial charge in [-0.1, -0.05) is 23.1 Å². The van der Waals surface area contributed by atoms with Crippen LogP contribution < -0.4 is 20.1 Å². The van der Waals surface area contributed by atoms with Crippen LogP contribution in [0.3, 0.4) is 0 Å². The van der Waals surface area contributed by atoms with Gasteiger partial charge in [0.05, 0.1) is 25.7 Å². The number of nitrogens with one attached hydrogen (secondary N) is 2. The highest BCUT2D eigenvalue weighted by atomic mass is 32.2. The number of aromatic nitrogens is 2. The van der Waals surface area contributed by atoms with E-state index in [0.29, 0.717) is 23.2 Å². The van der Waals surface area contributed by atoms with Crippen LogP contribution in [0.2, 0.25) is 0 Å². The standard InChI is InChI=1S/C15H18N4O3S2/c1-21-10-5-6-12(22-2)11(7-10)17-13(20)8-23-15-19-18-14(24-15)16-9-3-4-9/h5-7,9H,3-4,8H2,1-2H3,(H,16,18)(H,17,20). The van der Waals surface area contributed by atoms with Crippen molar-refractivity contribution in [2.24, 2.45) is 0 Å². The molecule has 0 bridgehead atoms. The van der Waals surface area contributed by atoms with Crippen LogP contribution in [-0.4, -0.2) is 42.1 Å². The van der Waals surface area contributed by atoms with Crippen molar-refractivity contribution in [2.45, 2.75) is 23.2 Å². The molecule has 2 N–H and O–H groups in total. The van der Waals surface area contributed by atoms with Gasteiger partial charge < -0.3 is 20.1 Å². The Labute approximate surface area is 148 Å². The van der Waals surface area contributed by atoms with Crippen LogP contribution in [0.4, 0.5) is 10.8 Å². The Bertz CT molecular complexity index is 718. The third-order valence-electron chi connectivity index (χ3n) is 3.32. The molecule has 3 rings (SSSR count). The van der Waals surface area contributed by atoms with Gasteiger partial charge in [-0.05, 0) is 25.0 Å². The summed E-state index contributed by atoms with van der Waals surface area (Å²) in [6.07, 6.45) is 2.37. The number of benzene rings is 1. The van der Waals surface area contributed by atoms with Gasteiger partial charge in [0.25, 0.3) is 0 Å². The Kier molecular flexibility index (Phi) is 5.41. The van der Waals surface area contributed by atoms with Gasteiger partial charge in [-0.2, -0.15) is 0 Å². The summed E-state index contributed by atoms with van der Waals surface area (Å²) in [5.74, 6) is 1.34. The molecular weight excluding hydrogens is 348 g/mol. The predicted molar refractivity (Wildman–Crippen MR) is 95.5 cm³/mol. The number of methoxy groups -OCH3 is 2. The van der Waals surface area contributed by atoms with Crippen LogP contribution >= 0.6 is 23.1 Å². The minimum Gasteiger partial charge on any atom is -0.497 e. The average molecular weight is 366 g/mol. The van der Waals surface area contributed by atoms with E-state index in [-0.39, 0.29) is 11.7 Å². The fraction of sp³-hybridized carbons (Fsp3) is 0.400. The topological polar surface area (TPSA) is 85.4 Å². The van der Waals surface area contributed by atoms with E-state index in [1.54, 1.807) is 32.4 Å². The Morgan fingerprint density at radius 1 is 1.33 bits per heavy atom. The minimum atomic E-state index is -0.140. The highest BCUT2D eigenvalue weighted by Crippen LogP contribution is 2.31. The van der Waals surface area contributed by atoms with Gasteiger partial charge >= 0.3 is 0 Å². The molecule has 2 aromatic rings. The molecule has 1 aromatic heterocycles. The zero-order valence-corrected chi connectivity index (χ0v) is 15.0. The van der Waals surface area contributed by atoms with Crippen molar-refractivity contribution >= 4 is 39.8 Å². The van der Waals surface area contributed by atoms with Gasteiger partial charge in [-0.3, -0.25) is 4.79 Å². The van der Waals surface area contributed by atoms with Crippen LogP contribution in [0.15, 0.2) is 22.5 Å².